The van der Waals surface area contributed by atoms with Gasteiger partial charge in [0.05, 0.1) is 29.0 Å². The summed E-state index contributed by atoms with van der Waals surface area (Å²) in [5.74, 6) is -0.302. The second-order valence-corrected chi connectivity index (χ2v) is 9.10. The highest BCUT2D eigenvalue weighted by Gasteiger charge is 2.34. The first-order valence-electron chi connectivity index (χ1n) is 11.3. The molecule has 2 amide bonds. The number of nitro groups is 1. The van der Waals surface area contributed by atoms with Crippen molar-refractivity contribution in [1.82, 2.24) is 4.90 Å². The standard InChI is InChI=1S/C27H22N2O8S/c1-17-6-9-21(10-7-17)36-13-12-28-25(30)24(38-27(28)32)15-18-8-11-22(23(14-18)35-2)37-26(31)19-4-3-5-20(16-19)29(33)34/h3-11,14-16H,12-13H2,1-2H3/b24-15-. The van der Waals surface area contributed by atoms with E-state index in [1.165, 1.54) is 31.4 Å². The maximum Gasteiger partial charge on any atom is 0.343 e. The van der Waals surface area contributed by atoms with Gasteiger partial charge in [-0.05, 0) is 60.7 Å². The van der Waals surface area contributed by atoms with Crippen molar-refractivity contribution < 1.29 is 33.5 Å². The van der Waals surface area contributed by atoms with Gasteiger partial charge in [-0.1, -0.05) is 29.8 Å². The first-order valence-corrected chi connectivity index (χ1v) is 12.2. The van der Waals surface area contributed by atoms with Gasteiger partial charge in [0.2, 0.25) is 0 Å². The van der Waals surface area contributed by atoms with Crippen molar-refractivity contribution in [2.24, 2.45) is 0 Å². The Bertz CT molecular complexity index is 1440. The van der Waals surface area contributed by atoms with Gasteiger partial charge in [-0.25, -0.2) is 4.79 Å². The number of nitro benzene ring substituents is 1. The summed E-state index contributed by atoms with van der Waals surface area (Å²) in [6.45, 7) is 2.23. The van der Waals surface area contributed by atoms with Crippen LogP contribution in [0.5, 0.6) is 17.2 Å². The Morgan fingerprint density at radius 2 is 1.82 bits per heavy atom. The van der Waals surface area contributed by atoms with Crippen LogP contribution >= 0.6 is 11.8 Å². The van der Waals surface area contributed by atoms with E-state index < -0.39 is 22.0 Å². The minimum atomic E-state index is -0.797. The van der Waals surface area contributed by atoms with Gasteiger partial charge in [0.25, 0.3) is 16.8 Å². The summed E-state index contributed by atoms with van der Waals surface area (Å²) in [6.07, 6.45) is 1.54. The van der Waals surface area contributed by atoms with Crippen LogP contribution in [0.3, 0.4) is 0 Å². The molecule has 0 spiro atoms. The number of benzene rings is 3. The van der Waals surface area contributed by atoms with Gasteiger partial charge in [0.1, 0.15) is 12.4 Å². The van der Waals surface area contributed by atoms with Gasteiger partial charge in [-0.3, -0.25) is 24.6 Å². The van der Waals surface area contributed by atoms with Crippen LogP contribution in [0, 0.1) is 17.0 Å². The fourth-order valence-corrected chi connectivity index (χ4v) is 4.36. The van der Waals surface area contributed by atoms with Crippen molar-refractivity contribution >= 4 is 40.6 Å². The topological polar surface area (TPSA) is 125 Å². The number of carbonyl (C=O) groups is 3. The van der Waals surface area contributed by atoms with E-state index in [1.807, 2.05) is 31.2 Å². The average molecular weight is 535 g/mol. The van der Waals surface area contributed by atoms with Crippen molar-refractivity contribution in [3.63, 3.8) is 0 Å². The highest BCUT2D eigenvalue weighted by Crippen LogP contribution is 2.35. The molecule has 0 unspecified atom stereocenters. The molecule has 1 heterocycles. The molecule has 4 rings (SSSR count). The zero-order valence-corrected chi connectivity index (χ0v) is 21.2. The number of thioether (sulfide) groups is 1. The van der Waals surface area contributed by atoms with Crippen molar-refractivity contribution in [3.05, 3.63) is 98.4 Å². The summed E-state index contributed by atoms with van der Waals surface area (Å²) in [4.78, 5) is 49.5. The maximum atomic E-state index is 12.8. The predicted molar refractivity (Wildman–Crippen MR) is 140 cm³/mol. The lowest BCUT2D eigenvalue weighted by Gasteiger charge is -2.13. The molecule has 1 saturated heterocycles. The summed E-state index contributed by atoms with van der Waals surface area (Å²) in [6, 6.07) is 17.2. The lowest BCUT2D eigenvalue weighted by molar-refractivity contribution is -0.384. The van der Waals surface area contributed by atoms with Crippen molar-refractivity contribution in [1.29, 1.82) is 0 Å². The van der Waals surface area contributed by atoms with Crippen LogP contribution in [0.1, 0.15) is 21.5 Å². The van der Waals surface area contributed by atoms with E-state index in [0.717, 1.165) is 28.3 Å². The van der Waals surface area contributed by atoms with Crippen LogP contribution in [-0.2, 0) is 4.79 Å². The van der Waals surface area contributed by atoms with Crippen molar-refractivity contribution in [2.45, 2.75) is 6.92 Å². The Labute approximate surface area is 221 Å². The van der Waals surface area contributed by atoms with Crippen LogP contribution in [0.4, 0.5) is 10.5 Å². The van der Waals surface area contributed by atoms with E-state index >= 15 is 0 Å². The third-order valence-corrected chi connectivity index (χ3v) is 6.37. The van der Waals surface area contributed by atoms with E-state index in [9.17, 15) is 24.5 Å². The van der Waals surface area contributed by atoms with Gasteiger partial charge < -0.3 is 14.2 Å². The molecule has 10 nitrogen and oxygen atoms in total. The molecular formula is C27H22N2O8S. The summed E-state index contributed by atoms with van der Waals surface area (Å²) >= 11 is 0.816. The number of nitrogens with zero attached hydrogens (tertiary/aromatic N) is 2. The van der Waals surface area contributed by atoms with Gasteiger partial charge in [0, 0.05) is 12.1 Å². The van der Waals surface area contributed by atoms with Gasteiger partial charge >= 0.3 is 5.97 Å². The molecule has 1 aliphatic rings. The van der Waals surface area contributed by atoms with E-state index in [-0.39, 0.29) is 40.8 Å². The number of non-ortho nitro benzene ring substituents is 1. The number of carbonyl (C=O) groups excluding carboxylic acids is 3. The quantitative estimate of drug-likeness (QED) is 0.119. The average Bonchev–Trinajstić information content (AvgIpc) is 3.17. The predicted octanol–water partition coefficient (Wildman–Crippen LogP) is 5.25. The fraction of sp³-hybridized carbons (Fsp3) is 0.148. The Morgan fingerprint density at radius 1 is 1.05 bits per heavy atom. The highest BCUT2D eigenvalue weighted by atomic mass is 32.2. The molecule has 0 aromatic heterocycles. The SMILES string of the molecule is COc1cc(/C=C2\SC(=O)N(CCOc3ccc(C)cc3)C2=O)ccc1OC(=O)c1cccc([N+](=O)[O-])c1. The fourth-order valence-electron chi connectivity index (χ4n) is 3.50. The van der Waals surface area contributed by atoms with Crippen molar-refractivity contribution in [2.75, 3.05) is 20.3 Å². The van der Waals surface area contributed by atoms with Crippen LogP contribution in [0.2, 0.25) is 0 Å². The minimum absolute atomic E-state index is 0.00496. The second-order valence-electron chi connectivity index (χ2n) is 8.10. The third kappa shape index (κ3) is 6.19. The lowest BCUT2D eigenvalue weighted by atomic mass is 10.1. The molecule has 1 aliphatic heterocycles. The summed E-state index contributed by atoms with van der Waals surface area (Å²) in [5, 5.41) is 10.6. The molecular weight excluding hydrogens is 512 g/mol. The molecule has 3 aromatic carbocycles. The minimum Gasteiger partial charge on any atom is -0.493 e. The van der Waals surface area contributed by atoms with Gasteiger partial charge in [-0.15, -0.1) is 0 Å². The van der Waals surface area contributed by atoms with Crippen LogP contribution < -0.4 is 14.2 Å². The number of methoxy groups -OCH3 is 1. The van der Waals surface area contributed by atoms with Crippen LogP contribution in [0.25, 0.3) is 6.08 Å². The molecule has 194 valence electrons. The number of amides is 2. The Hall–Kier alpha value is -4.64. The summed E-state index contributed by atoms with van der Waals surface area (Å²) in [5.41, 5.74) is 1.40. The number of hydrogen-bond donors (Lipinski definition) is 0. The summed E-state index contributed by atoms with van der Waals surface area (Å²) < 4.78 is 16.3. The number of ether oxygens (including phenoxy) is 3. The maximum absolute atomic E-state index is 12.8. The Balaban J connectivity index is 1.43. The molecule has 38 heavy (non-hydrogen) atoms. The molecule has 0 saturated carbocycles. The zero-order valence-electron chi connectivity index (χ0n) is 20.4. The highest BCUT2D eigenvalue weighted by molar-refractivity contribution is 8.18. The summed E-state index contributed by atoms with van der Waals surface area (Å²) in [7, 11) is 1.38. The Kier molecular flexibility index (Phi) is 8.07. The first kappa shape index (κ1) is 26.4. The van der Waals surface area contributed by atoms with Gasteiger partial charge in [0.15, 0.2) is 11.5 Å². The zero-order chi connectivity index (χ0) is 27.2. The van der Waals surface area contributed by atoms with Crippen LogP contribution in [0.15, 0.2) is 71.6 Å². The largest absolute Gasteiger partial charge is 0.493 e. The van der Waals surface area contributed by atoms with Crippen LogP contribution in [-0.4, -0.2) is 47.2 Å². The first-order chi connectivity index (χ1) is 18.2. The number of esters is 1. The third-order valence-electron chi connectivity index (χ3n) is 5.46. The normalized spacial score (nSPS) is 14.1. The molecule has 11 heteroatoms. The molecule has 1 fully saturated rings. The van der Waals surface area contributed by atoms with E-state index in [1.54, 1.807) is 18.2 Å². The molecule has 3 aromatic rings. The number of aryl methyl sites for hydroxylation is 1. The van der Waals surface area contributed by atoms with E-state index in [0.29, 0.717) is 11.3 Å². The van der Waals surface area contributed by atoms with E-state index in [4.69, 9.17) is 14.2 Å². The molecule has 0 bridgehead atoms. The molecule has 0 N–H and O–H groups in total. The number of hydrogen-bond acceptors (Lipinski definition) is 9. The molecule has 0 aliphatic carbocycles. The second kappa shape index (κ2) is 11.6. The van der Waals surface area contributed by atoms with Gasteiger partial charge in [-0.2, -0.15) is 0 Å². The molecule has 0 radical (unpaired) electrons. The monoisotopic (exact) mass is 534 g/mol. The molecule has 0 atom stereocenters. The lowest BCUT2D eigenvalue weighted by Crippen LogP contribution is -2.32. The Morgan fingerprint density at radius 3 is 2.53 bits per heavy atom. The van der Waals surface area contributed by atoms with E-state index in [2.05, 4.69) is 0 Å². The number of rotatable bonds is 9. The number of imide groups is 1. The smallest absolute Gasteiger partial charge is 0.343 e. The van der Waals surface area contributed by atoms with Crippen molar-refractivity contribution in [3.8, 4) is 17.2 Å².